The first kappa shape index (κ1) is 18.1. The molecule has 0 spiro atoms. The Morgan fingerprint density at radius 1 is 1.50 bits per heavy atom. The number of aliphatic hydroxyl groups excluding tert-OH is 1. The molecule has 1 atom stereocenters. The lowest BCUT2D eigenvalue weighted by atomic mass is 10.1. The molecule has 132 valence electrons. The average molecular weight is 340 g/mol. The Bertz CT molecular complexity index is 589. The highest BCUT2D eigenvalue weighted by Crippen LogP contribution is 2.27. The van der Waals surface area contributed by atoms with Crippen molar-refractivity contribution < 1.29 is 29.2 Å². The normalized spacial score (nSPS) is 16.4. The minimum atomic E-state index is -0.685. The molecule has 0 unspecified atom stereocenters. The van der Waals surface area contributed by atoms with Crippen LogP contribution in [0.4, 0.5) is 5.69 Å². The van der Waals surface area contributed by atoms with Gasteiger partial charge in [0.1, 0.15) is 25.7 Å². The minimum Gasteiger partial charge on any atom is -0.490 e. The van der Waals surface area contributed by atoms with Crippen LogP contribution in [0.15, 0.2) is 18.2 Å². The van der Waals surface area contributed by atoms with E-state index in [9.17, 15) is 20.0 Å². The highest BCUT2D eigenvalue weighted by atomic mass is 16.6. The molecule has 24 heavy (non-hydrogen) atoms. The highest BCUT2D eigenvalue weighted by molar-refractivity contribution is 5.95. The van der Waals surface area contributed by atoms with Crippen molar-refractivity contribution in [1.29, 1.82) is 0 Å². The summed E-state index contributed by atoms with van der Waals surface area (Å²) in [7, 11) is 1.33. The lowest BCUT2D eigenvalue weighted by Crippen LogP contribution is -3.15. The fourth-order valence-electron chi connectivity index (χ4n) is 2.56. The van der Waals surface area contributed by atoms with Gasteiger partial charge in [-0.25, -0.2) is 0 Å². The summed E-state index contributed by atoms with van der Waals surface area (Å²) >= 11 is 0. The van der Waals surface area contributed by atoms with Crippen molar-refractivity contribution in [2.24, 2.45) is 0 Å². The number of quaternary nitrogens is 1. The lowest BCUT2D eigenvalue weighted by Gasteiger charge is -2.25. The molecule has 1 aromatic rings. The molecule has 0 saturated carbocycles. The molecule has 1 amide bonds. The minimum absolute atomic E-state index is 0.0863. The first-order valence-corrected chi connectivity index (χ1v) is 7.71. The summed E-state index contributed by atoms with van der Waals surface area (Å²) in [6, 6.07) is 3.98. The monoisotopic (exact) mass is 340 g/mol. The number of nitro groups is 1. The van der Waals surface area contributed by atoms with E-state index in [1.165, 1.54) is 24.1 Å². The number of rotatable bonds is 7. The van der Waals surface area contributed by atoms with Crippen molar-refractivity contribution in [3.63, 3.8) is 0 Å². The molecule has 1 aliphatic rings. The third kappa shape index (κ3) is 4.88. The Labute approximate surface area is 139 Å². The van der Waals surface area contributed by atoms with E-state index in [4.69, 9.17) is 9.47 Å². The summed E-state index contributed by atoms with van der Waals surface area (Å²) in [5, 5.41) is 23.6. The molecule has 1 saturated heterocycles. The molecule has 1 aromatic carbocycles. The molecule has 1 aliphatic heterocycles. The maximum absolute atomic E-state index is 12.1. The third-order valence-electron chi connectivity index (χ3n) is 3.86. The standard InChI is InChI=1S/C15H21N3O6/c1-23-14-3-2-11(8-13(14)18(21)22)15(20)16-9-12(19)10-17-4-6-24-7-5-17/h2-3,8,12,19H,4-7,9-10H2,1H3,(H,16,20)/p+1/t12-/m0/s1. The van der Waals surface area contributed by atoms with Crippen molar-refractivity contribution >= 4 is 11.6 Å². The number of hydrogen-bond acceptors (Lipinski definition) is 6. The van der Waals surface area contributed by atoms with E-state index in [0.717, 1.165) is 19.2 Å². The van der Waals surface area contributed by atoms with E-state index in [1.807, 2.05) is 0 Å². The first-order valence-electron chi connectivity index (χ1n) is 7.71. The van der Waals surface area contributed by atoms with Gasteiger partial charge in [0.15, 0.2) is 5.75 Å². The summed E-state index contributed by atoms with van der Waals surface area (Å²) in [4.78, 5) is 23.7. The number of carbonyl (C=O) groups excluding carboxylic acids is 1. The Hall–Kier alpha value is -2.23. The number of amides is 1. The molecule has 1 fully saturated rings. The van der Waals surface area contributed by atoms with Crippen LogP contribution in [0.1, 0.15) is 10.4 Å². The van der Waals surface area contributed by atoms with E-state index < -0.39 is 16.9 Å². The number of nitrogens with one attached hydrogen (secondary N) is 2. The van der Waals surface area contributed by atoms with E-state index >= 15 is 0 Å². The maximum Gasteiger partial charge on any atom is 0.311 e. The maximum atomic E-state index is 12.1. The predicted molar refractivity (Wildman–Crippen MR) is 84.4 cm³/mol. The molecule has 3 N–H and O–H groups in total. The number of methoxy groups -OCH3 is 1. The number of nitro benzene ring substituents is 1. The van der Waals surface area contributed by atoms with Crippen LogP contribution in [0, 0.1) is 10.1 Å². The SMILES string of the molecule is COc1ccc(C(=O)NC[C@H](O)C[NH+]2CCOCC2)cc1[N+](=O)[O-]. The van der Waals surface area contributed by atoms with Gasteiger partial charge in [-0.1, -0.05) is 0 Å². The van der Waals surface area contributed by atoms with Crippen LogP contribution in [0.3, 0.4) is 0 Å². The second-order valence-corrected chi connectivity index (χ2v) is 5.57. The number of nitrogens with zero attached hydrogens (tertiary/aromatic N) is 1. The van der Waals surface area contributed by atoms with Crippen LogP contribution in [-0.2, 0) is 4.74 Å². The molecule has 0 bridgehead atoms. The molecule has 0 aromatic heterocycles. The first-order chi connectivity index (χ1) is 11.5. The Balaban J connectivity index is 1.89. The van der Waals surface area contributed by atoms with Gasteiger partial charge in [0.25, 0.3) is 5.91 Å². The Kier molecular flexibility index (Phi) is 6.47. The number of benzene rings is 1. The van der Waals surface area contributed by atoms with Crippen molar-refractivity contribution in [1.82, 2.24) is 5.32 Å². The number of carbonyl (C=O) groups is 1. The Morgan fingerprint density at radius 3 is 2.83 bits per heavy atom. The molecule has 9 nitrogen and oxygen atoms in total. The zero-order chi connectivity index (χ0) is 17.5. The van der Waals surface area contributed by atoms with Crippen LogP contribution >= 0.6 is 0 Å². The smallest absolute Gasteiger partial charge is 0.311 e. The largest absolute Gasteiger partial charge is 0.490 e. The molecule has 1 heterocycles. The van der Waals surface area contributed by atoms with Gasteiger partial charge in [-0.05, 0) is 12.1 Å². The second kappa shape index (κ2) is 8.57. The quantitative estimate of drug-likeness (QED) is 0.416. The number of ether oxygens (including phenoxy) is 2. The fourth-order valence-corrected chi connectivity index (χ4v) is 2.56. The van der Waals surface area contributed by atoms with E-state index in [0.29, 0.717) is 19.8 Å². The molecule has 2 rings (SSSR count). The zero-order valence-electron chi connectivity index (χ0n) is 13.5. The summed E-state index contributed by atoms with van der Waals surface area (Å²) < 4.78 is 10.1. The van der Waals surface area contributed by atoms with Gasteiger partial charge >= 0.3 is 5.69 Å². The van der Waals surface area contributed by atoms with Gasteiger partial charge in [-0.2, -0.15) is 0 Å². The van der Waals surface area contributed by atoms with E-state index in [2.05, 4.69) is 5.32 Å². The number of morpholine rings is 1. The van der Waals surface area contributed by atoms with Crippen LogP contribution in [0.5, 0.6) is 5.75 Å². The topological polar surface area (TPSA) is 115 Å². The van der Waals surface area contributed by atoms with Crippen molar-refractivity contribution in [3.8, 4) is 5.75 Å². The van der Waals surface area contributed by atoms with Crippen LogP contribution in [0.25, 0.3) is 0 Å². The van der Waals surface area contributed by atoms with Crippen LogP contribution in [0.2, 0.25) is 0 Å². The van der Waals surface area contributed by atoms with Crippen LogP contribution in [-0.4, -0.2) is 68.5 Å². The molecule has 0 radical (unpaired) electrons. The average Bonchev–Trinajstić information content (AvgIpc) is 2.59. The summed E-state index contributed by atoms with van der Waals surface area (Å²) in [6.07, 6.45) is -0.685. The number of hydrogen-bond donors (Lipinski definition) is 3. The second-order valence-electron chi connectivity index (χ2n) is 5.57. The fraction of sp³-hybridized carbons (Fsp3) is 0.533. The number of aliphatic hydroxyl groups is 1. The third-order valence-corrected chi connectivity index (χ3v) is 3.86. The van der Waals surface area contributed by atoms with Crippen molar-refractivity contribution in [3.05, 3.63) is 33.9 Å². The summed E-state index contributed by atoms with van der Waals surface area (Å²) in [5.41, 5.74) is -0.128. The molecule has 9 heteroatoms. The summed E-state index contributed by atoms with van der Waals surface area (Å²) in [6.45, 7) is 3.61. The summed E-state index contributed by atoms with van der Waals surface area (Å²) in [5.74, 6) is -0.385. The lowest BCUT2D eigenvalue weighted by molar-refractivity contribution is -0.910. The van der Waals surface area contributed by atoms with Gasteiger partial charge in [0, 0.05) is 18.2 Å². The highest BCUT2D eigenvalue weighted by Gasteiger charge is 2.21. The van der Waals surface area contributed by atoms with Crippen LogP contribution < -0.4 is 15.0 Å². The van der Waals surface area contributed by atoms with E-state index in [1.54, 1.807) is 0 Å². The van der Waals surface area contributed by atoms with Gasteiger partial charge < -0.3 is 24.8 Å². The van der Waals surface area contributed by atoms with E-state index in [-0.39, 0.29) is 23.5 Å². The zero-order valence-corrected chi connectivity index (χ0v) is 13.5. The predicted octanol–water partition coefficient (Wildman–Crippen LogP) is -1.39. The van der Waals surface area contributed by atoms with Gasteiger partial charge in [0.2, 0.25) is 0 Å². The van der Waals surface area contributed by atoms with Gasteiger partial charge in [-0.15, -0.1) is 0 Å². The van der Waals surface area contributed by atoms with Gasteiger partial charge in [-0.3, -0.25) is 14.9 Å². The molecular formula is C15H22N3O6+. The van der Waals surface area contributed by atoms with Crippen molar-refractivity contribution in [2.45, 2.75) is 6.10 Å². The Morgan fingerprint density at radius 2 is 2.21 bits per heavy atom. The molecular weight excluding hydrogens is 318 g/mol. The van der Waals surface area contributed by atoms with Crippen molar-refractivity contribution in [2.75, 3.05) is 46.5 Å². The van der Waals surface area contributed by atoms with Gasteiger partial charge in [0.05, 0.1) is 25.2 Å². The molecule has 0 aliphatic carbocycles.